The standard InChI is InChI=1S/C20H34O3/c1-3-5-7-9-11-13-15-17-19(21)23-20(22)18-16-14-12-10-8-6-4-2/h13-16H,3-12,17-18H2,1-2H3. The highest BCUT2D eigenvalue weighted by atomic mass is 16.6. The Morgan fingerprint density at radius 1 is 0.652 bits per heavy atom. The van der Waals surface area contributed by atoms with Gasteiger partial charge in [-0.15, -0.1) is 0 Å². The fourth-order valence-corrected chi connectivity index (χ4v) is 2.18. The lowest BCUT2D eigenvalue weighted by atomic mass is 10.1. The molecule has 0 aromatic heterocycles. The van der Waals surface area contributed by atoms with Gasteiger partial charge in [-0.3, -0.25) is 9.59 Å². The number of allylic oxidation sites excluding steroid dienone is 2. The van der Waals surface area contributed by atoms with E-state index in [2.05, 4.69) is 13.8 Å². The van der Waals surface area contributed by atoms with Crippen LogP contribution in [-0.4, -0.2) is 11.9 Å². The van der Waals surface area contributed by atoms with Crippen LogP contribution in [0.25, 0.3) is 0 Å². The average molecular weight is 322 g/mol. The Hall–Kier alpha value is -1.38. The molecule has 0 heterocycles. The number of hydrogen-bond acceptors (Lipinski definition) is 3. The van der Waals surface area contributed by atoms with Crippen LogP contribution >= 0.6 is 0 Å². The van der Waals surface area contributed by atoms with E-state index in [1.807, 2.05) is 12.2 Å². The Kier molecular flexibility index (Phi) is 16.0. The molecule has 3 nitrogen and oxygen atoms in total. The van der Waals surface area contributed by atoms with Crippen molar-refractivity contribution >= 4 is 11.9 Å². The van der Waals surface area contributed by atoms with E-state index in [1.165, 1.54) is 38.5 Å². The van der Waals surface area contributed by atoms with Gasteiger partial charge in [0.2, 0.25) is 0 Å². The molecule has 0 aromatic rings. The Morgan fingerprint density at radius 2 is 1.09 bits per heavy atom. The van der Waals surface area contributed by atoms with Crippen molar-refractivity contribution in [1.82, 2.24) is 0 Å². The number of rotatable bonds is 14. The molecular formula is C20H34O3. The lowest BCUT2D eigenvalue weighted by Crippen LogP contribution is -2.10. The third kappa shape index (κ3) is 16.8. The normalized spacial score (nSPS) is 11.4. The number of carbonyl (C=O) groups is 2. The molecule has 0 saturated carbocycles. The third-order valence-corrected chi connectivity index (χ3v) is 3.58. The summed E-state index contributed by atoms with van der Waals surface area (Å²) in [7, 11) is 0. The number of esters is 2. The van der Waals surface area contributed by atoms with E-state index < -0.39 is 11.9 Å². The molecule has 0 aromatic carbocycles. The minimum absolute atomic E-state index is 0.181. The van der Waals surface area contributed by atoms with Crippen LogP contribution in [0.4, 0.5) is 0 Å². The number of ether oxygens (including phenoxy) is 1. The van der Waals surface area contributed by atoms with Crippen molar-refractivity contribution in [3.8, 4) is 0 Å². The minimum Gasteiger partial charge on any atom is -0.393 e. The monoisotopic (exact) mass is 322 g/mol. The Balaban J connectivity index is 3.59. The summed E-state index contributed by atoms with van der Waals surface area (Å²) in [6.45, 7) is 4.37. The van der Waals surface area contributed by atoms with Gasteiger partial charge in [0, 0.05) is 0 Å². The van der Waals surface area contributed by atoms with Crippen molar-refractivity contribution in [2.75, 3.05) is 0 Å². The van der Waals surface area contributed by atoms with Crippen LogP contribution in [0.3, 0.4) is 0 Å². The van der Waals surface area contributed by atoms with Crippen molar-refractivity contribution < 1.29 is 14.3 Å². The second-order valence-corrected chi connectivity index (χ2v) is 5.90. The first-order valence-corrected chi connectivity index (χ1v) is 9.24. The summed E-state index contributed by atoms with van der Waals surface area (Å²) >= 11 is 0. The Bertz CT molecular complexity index is 322. The molecular weight excluding hydrogens is 288 g/mol. The van der Waals surface area contributed by atoms with Crippen molar-refractivity contribution in [3.05, 3.63) is 24.3 Å². The highest BCUT2D eigenvalue weighted by Gasteiger charge is 2.06. The molecule has 0 amide bonds. The van der Waals surface area contributed by atoms with Crippen molar-refractivity contribution in [2.24, 2.45) is 0 Å². The van der Waals surface area contributed by atoms with Crippen molar-refractivity contribution in [3.63, 3.8) is 0 Å². The van der Waals surface area contributed by atoms with Crippen molar-refractivity contribution in [2.45, 2.75) is 90.9 Å². The van der Waals surface area contributed by atoms with E-state index in [0.717, 1.165) is 25.7 Å². The van der Waals surface area contributed by atoms with Crippen LogP contribution in [0.15, 0.2) is 24.3 Å². The molecule has 0 aliphatic rings. The van der Waals surface area contributed by atoms with Crippen LogP contribution in [0.5, 0.6) is 0 Å². The average Bonchev–Trinajstić information content (AvgIpc) is 2.53. The Labute approximate surface area is 142 Å². The van der Waals surface area contributed by atoms with Gasteiger partial charge >= 0.3 is 11.9 Å². The molecule has 0 atom stereocenters. The van der Waals surface area contributed by atoms with E-state index in [9.17, 15) is 9.59 Å². The third-order valence-electron chi connectivity index (χ3n) is 3.58. The summed E-state index contributed by atoms with van der Waals surface area (Å²) in [5.41, 5.74) is 0. The summed E-state index contributed by atoms with van der Waals surface area (Å²) < 4.78 is 4.76. The molecule has 0 N–H and O–H groups in total. The van der Waals surface area contributed by atoms with Crippen LogP contribution < -0.4 is 0 Å². The first-order valence-electron chi connectivity index (χ1n) is 9.24. The van der Waals surface area contributed by atoms with Crippen LogP contribution in [0, 0.1) is 0 Å². The molecule has 23 heavy (non-hydrogen) atoms. The zero-order valence-electron chi connectivity index (χ0n) is 15.0. The van der Waals surface area contributed by atoms with Crippen molar-refractivity contribution in [1.29, 1.82) is 0 Å². The number of hydrogen-bond donors (Lipinski definition) is 0. The summed E-state index contributed by atoms with van der Waals surface area (Å²) in [6.07, 6.45) is 19.7. The predicted molar refractivity (Wildman–Crippen MR) is 96.1 cm³/mol. The summed E-state index contributed by atoms with van der Waals surface area (Å²) in [5.74, 6) is -0.924. The largest absolute Gasteiger partial charge is 0.393 e. The van der Waals surface area contributed by atoms with Gasteiger partial charge in [-0.2, -0.15) is 0 Å². The molecule has 0 saturated heterocycles. The number of unbranched alkanes of at least 4 members (excludes halogenated alkanes) is 8. The van der Waals surface area contributed by atoms with E-state index in [4.69, 9.17) is 4.74 Å². The van der Waals surface area contributed by atoms with E-state index >= 15 is 0 Å². The maximum Gasteiger partial charge on any atom is 0.317 e. The second kappa shape index (κ2) is 17.0. The second-order valence-electron chi connectivity index (χ2n) is 5.90. The highest BCUT2D eigenvalue weighted by Crippen LogP contribution is 2.05. The first kappa shape index (κ1) is 21.6. The molecule has 0 rings (SSSR count). The summed E-state index contributed by atoms with van der Waals surface area (Å²) in [6, 6.07) is 0. The topological polar surface area (TPSA) is 43.4 Å². The van der Waals surface area contributed by atoms with Crippen LogP contribution in [-0.2, 0) is 14.3 Å². The van der Waals surface area contributed by atoms with Gasteiger partial charge in [0.15, 0.2) is 0 Å². The van der Waals surface area contributed by atoms with Crippen LogP contribution in [0.1, 0.15) is 90.9 Å². The molecule has 0 aliphatic carbocycles. The van der Waals surface area contributed by atoms with Gasteiger partial charge < -0.3 is 4.74 Å². The summed E-state index contributed by atoms with van der Waals surface area (Å²) in [5, 5.41) is 0. The van der Waals surface area contributed by atoms with Crippen LogP contribution in [0.2, 0.25) is 0 Å². The van der Waals surface area contributed by atoms with Gasteiger partial charge in [0.1, 0.15) is 0 Å². The first-order chi connectivity index (χ1) is 11.2. The van der Waals surface area contributed by atoms with Gasteiger partial charge in [-0.05, 0) is 25.7 Å². The zero-order valence-corrected chi connectivity index (χ0v) is 15.0. The molecule has 0 aliphatic heterocycles. The molecule has 0 bridgehead atoms. The smallest absolute Gasteiger partial charge is 0.317 e. The lowest BCUT2D eigenvalue weighted by molar-refractivity contribution is -0.158. The van der Waals surface area contributed by atoms with Gasteiger partial charge in [0.05, 0.1) is 12.8 Å². The Morgan fingerprint density at radius 3 is 1.48 bits per heavy atom. The molecule has 3 heteroatoms. The lowest BCUT2D eigenvalue weighted by Gasteiger charge is -1.99. The minimum atomic E-state index is -0.462. The van der Waals surface area contributed by atoms with Gasteiger partial charge in [-0.1, -0.05) is 76.7 Å². The molecule has 132 valence electrons. The number of carbonyl (C=O) groups excluding carboxylic acids is 2. The highest BCUT2D eigenvalue weighted by molar-refractivity contribution is 5.86. The maximum absolute atomic E-state index is 11.5. The molecule has 0 fully saturated rings. The summed E-state index contributed by atoms with van der Waals surface area (Å²) in [4.78, 5) is 23.0. The zero-order chi connectivity index (χ0) is 17.2. The van der Waals surface area contributed by atoms with Gasteiger partial charge in [0.25, 0.3) is 0 Å². The van der Waals surface area contributed by atoms with Gasteiger partial charge in [-0.25, -0.2) is 0 Å². The maximum atomic E-state index is 11.5. The van der Waals surface area contributed by atoms with E-state index in [0.29, 0.717) is 0 Å². The fourth-order valence-electron chi connectivity index (χ4n) is 2.18. The fraction of sp³-hybridized carbons (Fsp3) is 0.700. The molecule has 0 unspecified atom stereocenters. The SMILES string of the molecule is CCCCCCC=CCC(=O)OC(=O)CC=CCCCCCC. The molecule has 0 radical (unpaired) electrons. The quantitative estimate of drug-likeness (QED) is 0.173. The van der Waals surface area contributed by atoms with E-state index in [-0.39, 0.29) is 12.8 Å². The predicted octanol–water partition coefficient (Wildman–Crippen LogP) is 5.89. The molecule has 0 spiro atoms. The van der Waals surface area contributed by atoms with E-state index in [1.54, 1.807) is 12.2 Å².